The van der Waals surface area contributed by atoms with Crippen LogP contribution in [0.3, 0.4) is 0 Å². The average Bonchev–Trinajstić information content (AvgIpc) is 2.91. The first-order valence-corrected chi connectivity index (χ1v) is 7.11. The van der Waals surface area contributed by atoms with Crippen molar-refractivity contribution >= 4 is 17.3 Å². The van der Waals surface area contributed by atoms with Crippen molar-refractivity contribution in [3.8, 4) is 5.75 Å². The number of halogens is 1. The van der Waals surface area contributed by atoms with E-state index in [2.05, 4.69) is 0 Å². The van der Waals surface area contributed by atoms with Crippen LogP contribution in [0.25, 0.3) is 0 Å². The van der Waals surface area contributed by atoms with E-state index in [0.29, 0.717) is 5.75 Å². The van der Waals surface area contributed by atoms with E-state index in [1.165, 1.54) is 18.9 Å². The lowest BCUT2D eigenvalue weighted by Gasteiger charge is -2.50. The van der Waals surface area contributed by atoms with Gasteiger partial charge < -0.3 is 4.74 Å². The van der Waals surface area contributed by atoms with Crippen molar-refractivity contribution in [3.05, 3.63) is 34.4 Å². The molecule has 2 aliphatic carbocycles. The molecule has 4 nitrogen and oxygen atoms in total. The molecule has 5 heteroatoms. The van der Waals surface area contributed by atoms with E-state index < -0.39 is 4.92 Å². The van der Waals surface area contributed by atoms with Crippen molar-refractivity contribution in [1.29, 1.82) is 0 Å². The molecule has 0 aromatic heterocycles. The smallest absolute Gasteiger partial charge is 0.310 e. The van der Waals surface area contributed by atoms with Crippen molar-refractivity contribution < 1.29 is 9.66 Å². The van der Waals surface area contributed by atoms with Crippen molar-refractivity contribution in [1.82, 2.24) is 0 Å². The van der Waals surface area contributed by atoms with Gasteiger partial charge in [0.1, 0.15) is 6.10 Å². The number of benzene rings is 1. The number of alkyl halides is 1. The van der Waals surface area contributed by atoms with Crippen LogP contribution in [-0.4, -0.2) is 16.4 Å². The van der Waals surface area contributed by atoms with E-state index in [-0.39, 0.29) is 22.6 Å². The molecule has 2 saturated carbocycles. The van der Waals surface area contributed by atoms with Gasteiger partial charge in [0.15, 0.2) is 5.75 Å². The minimum absolute atomic E-state index is 0.0265. The molecular weight excluding hydrogens is 266 g/mol. The van der Waals surface area contributed by atoms with Gasteiger partial charge in [-0.1, -0.05) is 25.0 Å². The molecule has 2 aliphatic rings. The summed E-state index contributed by atoms with van der Waals surface area (Å²) in [7, 11) is 0. The van der Waals surface area contributed by atoms with Crippen LogP contribution in [0.4, 0.5) is 5.69 Å². The Kier molecular flexibility index (Phi) is 3.13. The molecule has 2 unspecified atom stereocenters. The molecule has 2 fully saturated rings. The average molecular weight is 282 g/mol. The van der Waals surface area contributed by atoms with Crippen LogP contribution in [0.15, 0.2) is 24.3 Å². The highest BCUT2D eigenvalue weighted by Crippen LogP contribution is 2.57. The molecule has 0 radical (unpaired) electrons. The summed E-state index contributed by atoms with van der Waals surface area (Å²) >= 11 is 6.36. The van der Waals surface area contributed by atoms with Gasteiger partial charge >= 0.3 is 5.69 Å². The fraction of sp³-hybridized carbons (Fsp3) is 0.571. The van der Waals surface area contributed by atoms with Gasteiger partial charge in [-0.15, -0.1) is 11.6 Å². The number of nitro benzene ring substituents is 1. The van der Waals surface area contributed by atoms with Gasteiger partial charge in [-0.25, -0.2) is 0 Å². The number of hydrogen-bond acceptors (Lipinski definition) is 3. The Labute approximate surface area is 116 Å². The van der Waals surface area contributed by atoms with Crippen LogP contribution in [0.5, 0.6) is 5.75 Å². The summed E-state index contributed by atoms with van der Waals surface area (Å²) in [4.78, 5) is 10.6. The second-order valence-electron chi connectivity index (χ2n) is 5.47. The molecule has 0 N–H and O–H groups in total. The predicted octanol–water partition coefficient (Wildman–Crippen LogP) is 3.91. The minimum atomic E-state index is -0.395. The number of hydrogen-bond donors (Lipinski definition) is 0. The van der Waals surface area contributed by atoms with Crippen molar-refractivity contribution in [2.45, 2.75) is 43.6 Å². The molecule has 1 aromatic carbocycles. The van der Waals surface area contributed by atoms with Gasteiger partial charge in [0, 0.05) is 23.3 Å². The molecule has 0 amide bonds. The Bertz CT molecular complexity index is 499. The van der Waals surface area contributed by atoms with Gasteiger partial charge in [0.25, 0.3) is 0 Å². The highest BCUT2D eigenvalue weighted by molar-refractivity contribution is 6.21. The normalized spacial score (nSPS) is 28.1. The number of nitrogens with zero attached hydrogens (tertiary/aromatic N) is 1. The Morgan fingerprint density at radius 3 is 2.63 bits per heavy atom. The van der Waals surface area contributed by atoms with E-state index >= 15 is 0 Å². The van der Waals surface area contributed by atoms with Gasteiger partial charge in [-0.3, -0.25) is 10.1 Å². The topological polar surface area (TPSA) is 52.4 Å². The van der Waals surface area contributed by atoms with E-state index in [9.17, 15) is 10.1 Å². The zero-order chi connectivity index (χ0) is 13.5. The first-order valence-electron chi connectivity index (χ1n) is 6.68. The molecule has 2 atom stereocenters. The summed E-state index contributed by atoms with van der Waals surface area (Å²) in [5, 5.41) is 11.1. The molecular formula is C14H16ClNO3. The molecule has 102 valence electrons. The standard InChI is InChI=1S/C14H16ClNO3/c15-12-9-13(14(12)7-3-4-8-14)19-11-6-2-1-5-10(11)16(17)18/h1-2,5-6,12-13H,3-4,7-9H2. The Balaban J connectivity index is 1.81. The third kappa shape index (κ3) is 1.98. The van der Waals surface area contributed by atoms with E-state index in [1.807, 2.05) is 0 Å². The van der Waals surface area contributed by atoms with E-state index in [1.54, 1.807) is 18.2 Å². The Hall–Kier alpha value is -1.29. The summed E-state index contributed by atoms with van der Waals surface area (Å²) in [5.74, 6) is 0.368. The molecule has 3 rings (SSSR count). The van der Waals surface area contributed by atoms with Gasteiger partial charge in [0.2, 0.25) is 0 Å². The monoisotopic (exact) mass is 281 g/mol. The highest BCUT2D eigenvalue weighted by Gasteiger charge is 2.57. The molecule has 0 aliphatic heterocycles. The quantitative estimate of drug-likeness (QED) is 0.479. The summed E-state index contributed by atoms with van der Waals surface area (Å²) in [6.45, 7) is 0. The van der Waals surface area contributed by atoms with Crippen LogP contribution in [0.1, 0.15) is 32.1 Å². The number of rotatable bonds is 3. The van der Waals surface area contributed by atoms with Crippen LogP contribution in [0, 0.1) is 15.5 Å². The summed E-state index contributed by atoms with van der Waals surface area (Å²) in [6, 6.07) is 6.57. The summed E-state index contributed by atoms with van der Waals surface area (Å²) in [6.07, 6.45) is 5.32. The Morgan fingerprint density at radius 1 is 1.32 bits per heavy atom. The fourth-order valence-electron chi connectivity index (χ4n) is 3.39. The van der Waals surface area contributed by atoms with E-state index in [4.69, 9.17) is 16.3 Å². The summed E-state index contributed by atoms with van der Waals surface area (Å²) in [5.41, 5.74) is 0.0827. The zero-order valence-corrected chi connectivity index (χ0v) is 11.3. The van der Waals surface area contributed by atoms with E-state index in [0.717, 1.165) is 19.3 Å². The van der Waals surface area contributed by atoms with Crippen LogP contribution in [0.2, 0.25) is 0 Å². The SMILES string of the molecule is O=[N+]([O-])c1ccccc1OC1CC(Cl)C12CCCC2. The highest BCUT2D eigenvalue weighted by atomic mass is 35.5. The largest absolute Gasteiger partial charge is 0.483 e. The predicted molar refractivity (Wildman–Crippen MR) is 72.7 cm³/mol. The van der Waals surface area contributed by atoms with Crippen molar-refractivity contribution in [2.75, 3.05) is 0 Å². The van der Waals surface area contributed by atoms with Crippen molar-refractivity contribution in [2.24, 2.45) is 5.41 Å². The maximum absolute atomic E-state index is 11.0. The number of ether oxygens (including phenoxy) is 1. The molecule has 1 aromatic rings. The minimum Gasteiger partial charge on any atom is -0.483 e. The van der Waals surface area contributed by atoms with Gasteiger partial charge in [0.05, 0.1) is 4.92 Å². The molecule has 0 bridgehead atoms. The van der Waals surface area contributed by atoms with Crippen LogP contribution >= 0.6 is 11.6 Å². The molecule has 19 heavy (non-hydrogen) atoms. The first-order chi connectivity index (χ1) is 9.13. The lowest BCUT2D eigenvalue weighted by Crippen LogP contribution is -2.55. The Morgan fingerprint density at radius 2 is 2.00 bits per heavy atom. The molecule has 0 saturated heterocycles. The third-order valence-electron chi connectivity index (χ3n) is 4.55. The van der Waals surface area contributed by atoms with Crippen molar-refractivity contribution in [3.63, 3.8) is 0 Å². The second kappa shape index (κ2) is 4.67. The second-order valence-corrected chi connectivity index (χ2v) is 6.00. The fourth-order valence-corrected chi connectivity index (χ4v) is 3.91. The maximum Gasteiger partial charge on any atom is 0.310 e. The number of nitro groups is 1. The van der Waals surface area contributed by atoms with Gasteiger partial charge in [-0.2, -0.15) is 0 Å². The number of para-hydroxylation sites is 2. The van der Waals surface area contributed by atoms with Crippen LogP contribution < -0.4 is 4.74 Å². The molecule has 1 spiro atoms. The summed E-state index contributed by atoms with van der Waals surface area (Å²) < 4.78 is 5.92. The molecule has 0 heterocycles. The lowest BCUT2D eigenvalue weighted by atomic mass is 9.64. The maximum atomic E-state index is 11.0. The lowest BCUT2D eigenvalue weighted by molar-refractivity contribution is -0.386. The first kappa shape index (κ1) is 12.7. The third-order valence-corrected chi connectivity index (χ3v) is 5.16. The van der Waals surface area contributed by atoms with Gasteiger partial charge in [-0.05, 0) is 18.9 Å². The van der Waals surface area contributed by atoms with Crippen LogP contribution in [-0.2, 0) is 0 Å². The zero-order valence-electron chi connectivity index (χ0n) is 10.5.